The van der Waals surface area contributed by atoms with E-state index in [2.05, 4.69) is 15.5 Å². The summed E-state index contributed by atoms with van der Waals surface area (Å²) in [5, 5.41) is 20.2. The van der Waals surface area contributed by atoms with E-state index in [-0.39, 0.29) is 0 Å². The van der Waals surface area contributed by atoms with Crippen molar-refractivity contribution in [2.45, 2.75) is 13.8 Å². The van der Waals surface area contributed by atoms with Gasteiger partial charge in [-0.3, -0.25) is 0 Å². The Morgan fingerprint density at radius 2 is 2.06 bits per heavy atom. The van der Waals surface area contributed by atoms with Crippen LogP contribution in [0.2, 0.25) is 0 Å². The van der Waals surface area contributed by atoms with Gasteiger partial charge in [0.15, 0.2) is 5.82 Å². The highest BCUT2D eigenvalue weighted by molar-refractivity contribution is 5.48. The predicted octanol–water partition coefficient (Wildman–Crippen LogP) is 1.80. The van der Waals surface area contributed by atoms with Crippen LogP contribution < -0.4 is 5.32 Å². The second-order valence-electron chi connectivity index (χ2n) is 3.84. The van der Waals surface area contributed by atoms with Gasteiger partial charge in [0, 0.05) is 7.05 Å². The Bertz CT molecular complexity index is 591. The molecule has 0 spiro atoms. The van der Waals surface area contributed by atoms with Crippen LogP contribution in [0.25, 0.3) is 5.69 Å². The summed E-state index contributed by atoms with van der Waals surface area (Å²) < 4.78 is 0. The molecule has 86 valence electrons. The lowest BCUT2D eigenvalue weighted by Crippen LogP contribution is -2.02. The molecule has 2 aromatic rings. The molecule has 0 aliphatic rings. The van der Waals surface area contributed by atoms with Crippen molar-refractivity contribution in [3.63, 3.8) is 0 Å². The second-order valence-corrected chi connectivity index (χ2v) is 3.84. The summed E-state index contributed by atoms with van der Waals surface area (Å²) in [6, 6.07) is 8.06. The van der Waals surface area contributed by atoms with Gasteiger partial charge in [-0.15, -0.1) is 15.0 Å². The monoisotopic (exact) mass is 227 g/mol. The van der Waals surface area contributed by atoms with Crippen LogP contribution in [0.4, 0.5) is 5.82 Å². The first kappa shape index (κ1) is 11.1. The van der Waals surface area contributed by atoms with Crippen molar-refractivity contribution in [2.75, 3.05) is 12.4 Å². The van der Waals surface area contributed by atoms with Crippen LogP contribution in [0.3, 0.4) is 0 Å². The Balaban J connectivity index is 2.57. The van der Waals surface area contributed by atoms with Crippen molar-refractivity contribution >= 4 is 5.82 Å². The van der Waals surface area contributed by atoms with Gasteiger partial charge < -0.3 is 5.32 Å². The fourth-order valence-corrected chi connectivity index (χ4v) is 1.59. The molecule has 1 heterocycles. The lowest BCUT2D eigenvalue weighted by atomic mass is 10.1. The van der Waals surface area contributed by atoms with Crippen LogP contribution in [-0.4, -0.2) is 22.0 Å². The number of hydrogen-bond donors (Lipinski definition) is 1. The van der Waals surface area contributed by atoms with E-state index in [1.807, 2.05) is 38.1 Å². The molecule has 2 rings (SSSR count). The molecule has 0 saturated heterocycles. The minimum atomic E-state index is 0.299. The smallest absolute Gasteiger partial charge is 0.207 e. The molecule has 0 unspecified atom stereocenters. The normalized spacial score (nSPS) is 10.0. The van der Waals surface area contributed by atoms with E-state index >= 15 is 0 Å². The maximum Gasteiger partial charge on any atom is 0.207 e. The fourth-order valence-electron chi connectivity index (χ4n) is 1.59. The zero-order chi connectivity index (χ0) is 12.4. The summed E-state index contributed by atoms with van der Waals surface area (Å²) >= 11 is 0. The fraction of sp³-hybridized carbons (Fsp3) is 0.250. The summed E-state index contributed by atoms with van der Waals surface area (Å²) in [5.74, 6) is 0.494. The predicted molar refractivity (Wildman–Crippen MR) is 65.1 cm³/mol. The van der Waals surface area contributed by atoms with Crippen molar-refractivity contribution in [3.8, 4) is 11.8 Å². The Kier molecular flexibility index (Phi) is 2.79. The maximum atomic E-state index is 8.93. The summed E-state index contributed by atoms with van der Waals surface area (Å²) in [6.45, 7) is 4.00. The lowest BCUT2D eigenvalue weighted by Gasteiger charge is -2.04. The average Bonchev–Trinajstić information content (AvgIpc) is 2.75. The van der Waals surface area contributed by atoms with Crippen molar-refractivity contribution in [3.05, 3.63) is 35.0 Å². The van der Waals surface area contributed by atoms with Crippen LogP contribution in [0.15, 0.2) is 18.2 Å². The molecule has 0 bridgehead atoms. The van der Waals surface area contributed by atoms with Crippen molar-refractivity contribution < 1.29 is 0 Å². The van der Waals surface area contributed by atoms with E-state index in [1.165, 1.54) is 4.80 Å². The van der Waals surface area contributed by atoms with Gasteiger partial charge in [-0.1, -0.05) is 12.1 Å². The number of rotatable bonds is 2. The Morgan fingerprint density at radius 3 is 2.65 bits per heavy atom. The standard InChI is InChI=1S/C12H13N5/c1-8-4-5-9(2)11(6-8)17-15-10(7-13)12(14-3)16-17/h4-6H,1-3H3,(H,14,16). The third kappa shape index (κ3) is 1.97. The molecule has 0 saturated carbocycles. The SMILES string of the molecule is CNc1nn(-c2cc(C)ccc2C)nc1C#N. The number of nitriles is 1. The van der Waals surface area contributed by atoms with Gasteiger partial charge in [-0.05, 0) is 31.0 Å². The topological polar surface area (TPSA) is 66.5 Å². The summed E-state index contributed by atoms with van der Waals surface area (Å²) in [4.78, 5) is 1.49. The molecular weight excluding hydrogens is 214 g/mol. The first-order valence-electron chi connectivity index (χ1n) is 5.28. The minimum absolute atomic E-state index is 0.299. The van der Waals surface area contributed by atoms with Crippen LogP contribution in [-0.2, 0) is 0 Å². The van der Waals surface area contributed by atoms with Gasteiger partial charge >= 0.3 is 0 Å². The van der Waals surface area contributed by atoms with E-state index in [0.717, 1.165) is 16.8 Å². The van der Waals surface area contributed by atoms with Crippen LogP contribution in [0, 0.1) is 25.2 Å². The molecule has 5 nitrogen and oxygen atoms in total. The molecular formula is C12H13N5. The molecule has 1 aromatic carbocycles. The van der Waals surface area contributed by atoms with Crippen molar-refractivity contribution in [2.24, 2.45) is 0 Å². The number of nitrogens with zero attached hydrogens (tertiary/aromatic N) is 4. The molecule has 0 aliphatic heterocycles. The third-order valence-electron chi connectivity index (χ3n) is 2.54. The summed E-state index contributed by atoms with van der Waals surface area (Å²) in [6.07, 6.45) is 0. The highest BCUT2D eigenvalue weighted by Gasteiger charge is 2.11. The van der Waals surface area contributed by atoms with E-state index < -0.39 is 0 Å². The molecule has 1 N–H and O–H groups in total. The van der Waals surface area contributed by atoms with Gasteiger partial charge in [0.2, 0.25) is 5.69 Å². The van der Waals surface area contributed by atoms with Gasteiger partial charge in [0.25, 0.3) is 0 Å². The molecule has 0 radical (unpaired) electrons. The maximum absolute atomic E-state index is 8.93. The Hall–Kier alpha value is -2.35. The minimum Gasteiger partial charge on any atom is -0.369 e. The second kappa shape index (κ2) is 4.26. The van der Waals surface area contributed by atoms with Gasteiger partial charge in [-0.25, -0.2) is 0 Å². The lowest BCUT2D eigenvalue weighted by molar-refractivity contribution is 0.745. The molecule has 5 heteroatoms. The molecule has 0 atom stereocenters. The molecule has 1 aromatic heterocycles. The zero-order valence-electron chi connectivity index (χ0n) is 10.0. The average molecular weight is 227 g/mol. The van der Waals surface area contributed by atoms with Gasteiger partial charge in [0.05, 0.1) is 5.69 Å². The first-order chi connectivity index (χ1) is 8.15. The number of aryl methyl sites for hydroxylation is 2. The van der Waals surface area contributed by atoms with Gasteiger partial charge in [0.1, 0.15) is 6.07 Å². The van der Waals surface area contributed by atoms with Gasteiger partial charge in [-0.2, -0.15) is 5.26 Å². The van der Waals surface area contributed by atoms with E-state index in [4.69, 9.17) is 5.26 Å². The molecule has 0 aliphatic carbocycles. The number of hydrogen-bond acceptors (Lipinski definition) is 4. The highest BCUT2D eigenvalue weighted by atomic mass is 15.5. The van der Waals surface area contributed by atoms with Crippen LogP contribution in [0.5, 0.6) is 0 Å². The number of benzene rings is 1. The number of nitrogens with one attached hydrogen (secondary N) is 1. The van der Waals surface area contributed by atoms with E-state index in [0.29, 0.717) is 11.5 Å². The summed E-state index contributed by atoms with van der Waals surface area (Å²) in [5.41, 5.74) is 3.39. The third-order valence-corrected chi connectivity index (χ3v) is 2.54. The zero-order valence-corrected chi connectivity index (χ0v) is 10.0. The van der Waals surface area contributed by atoms with Crippen molar-refractivity contribution in [1.29, 1.82) is 5.26 Å². The van der Waals surface area contributed by atoms with Crippen molar-refractivity contribution in [1.82, 2.24) is 15.0 Å². The number of anilines is 1. The highest BCUT2D eigenvalue weighted by Crippen LogP contribution is 2.16. The number of aromatic nitrogens is 3. The molecule has 17 heavy (non-hydrogen) atoms. The largest absolute Gasteiger partial charge is 0.369 e. The van der Waals surface area contributed by atoms with E-state index in [9.17, 15) is 0 Å². The van der Waals surface area contributed by atoms with Crippen LogP contribution in [0.1, 0.15) is 16.8 Å². The van der Waals surface area contributed by atoms with Crippen LogP contribution >= 0.6 is 0 Å². The molecule has 0 fully saturated rings. The quantitative estimate of drug-likeness (QED) is 0.849. The Morgan fingerprint density at radius 1 is 1.29 bits per heavy atom. The van der Waals surface area contributed by atoms with E-state index in [1.54, 1.807) is 7.05 Å². The summed E-state index contributed by atoms with van der Waals surface area (Å²) in [7, 11) is 1.72. The first-order valence-corrected chi connectivity index (χ1v) is 5.28. The molecule has 0 amide bonds. The Labute approximate surface area is 99.7 Å².